The van der Waals surface area contributed by atoms with Crippen LogP contribution in [0.5, 0.6) is 0 Å². The molecule has 5 heteroatoms. The first-order chi connectivity index (χ1) is 6.15. The molecule has 4 nitrogen and oxygen atoms in total. The summed E-state index contributed by atoms with van der Waals surface area (Å²) in [5, 5.41) is 0. The van der Waals surface area contributed by atoms with Crippen LogP contribution >= 0.6 is 11.6 Å². The van der Waals surface area contributed by atoms with Crippen LogP contribution in [0.1, 0.15) is 6.92 Å². The van der Waals surface area contributed by atoms with Crippen molar-refractivity contribution in [2.75, 3.05) is 32.1 Å². The van der Waals surface area contributed by atoms with E-state index >= 15 is 0 Å². The third-order valence-electron chi connectivity index (χ3n) is 2.08. The van der Waals surface area contributed by atoms with E-state index in [1.165, 1.54) is 11.8 Å². The maximum atomic E-state index is 11.3. The Labute approximate surface area is 82.4 Å². The van der Waals surface area contributed by atoms with E-state index in [0.29, 0.717) is 25.5 Å². The number of alkyl halides is 1. The zero-order valence-electron chi connectivity index (χ0n) is 7.62. The van der Waals surface area contributed by atoms with Crippen LogP contribution in [0.4, 0.5) is 0 Å². The van der Waals surface area contributed by atoms with Crippen molar-refractivity contribution in [3.8, 4) is 0 Å². The number of carbonyl (C=O) groups excluding carboxylic acids is 2. The van der Waals surface area contributed by atoms with Crippen LogP contribution in [0.2, 0.25) is 0 Å². The van der Waals surface area contributed by atoms with Crippen molar-refractivity contribution >= 4 is 23.4 Å². The molecular formula is C8H13ClN2O2. The number of piperazine rings is 1. The minimum Gasteiger partial charge on any atom is -0.292 e. The average molecular weight is 205 g/mol. The average Bonchev–Trinajstić information content (AvgIpc) is 2.04. The normalized spacial score (nSPS) is 19.2. The molecule has 0 atom stereocenters. The maximum absolute atomic E-state index is 11.3. The lowest BCUT2D eigenvalue weighted by Gasteiger charge is -2.31. The molecule has 1 aliphatic rings. The van der Waals surface area contributed by atoms with Gasteiger partial charge in [-0.2, -0.15) is 0 Å². The molecule has 0 bridgehead atoms. The molecule has 0 aromatic heterocycles. The molecule has 0 spiro atoms. The predicted octanol–water partition coefficient (Wildman–Crippen LogP) is -0.0841. The molecule has 1 rings (SSSR count). The summed E-state index contributed by atoms with van der Waals surface area (Å²) in [7, 11) is 0. The standard InChI is InChI=1S/C8H13ClN2O2/c1-7(12)11-5-4-10(3-2-9)6-8(11)13/h2-6H2,1H3. The van der Waals surface area contributed by atoms with E-state index in [1.54, 1.807) is 0 Å². The Morgan fingerprint density at radius 3 is 2.69 bits per heavy atom. The van der Waals surface area contributed by atoms with Crippen molar-refractivity contribution in [1.29, 1.82) is 0 Å². The predicted molar refractivity (Wildman–Crippen MR) is 49.6 cm³/mol. The monoisotopic (exact) mass is 204 g/mol. The van der Waals surface area contributed by atoms with Crippen LogP contribution in [-0.2, 0) is 9.59 Å². The lowest BCUT2D eigenvalue weighted by molar-refractivity contribution is -0.147. The summed E-state index contributed by atoms with van der Waals surface area (Å²) in [6.07, 6.45) is 0. The van der Waals surface area contributed by atoms with Gasteiger partial charge in [0.15, 0.2) is 0 Å². The molecule has 1 saturated heterocycles. The fourth-order valence-corrected chi connectivity index (χ4v) is 1.60. The summed E-state index contributed by atoms with van der Waals surface area (Å²) in [6, 6.07) is 0. The summed E-state index contributed by atoms with van der Waals surface area (Å²) in [5.74, 6) is 0.229. The largest absolute Gasteiger partial charge is 0.292 e. The maximum Gasteiger partial charge on any atom is 0.243 e. The van der Waals surface area contributed by atoms with Gasteiger partial charge >= 0.3 is 0 Å². The topological polar surface area (TPSA) is 40.6 Å². The number of amides is 2. The van der Waals surface area contributed by atoms with Gasteiger partial charge in [0, 0.05) is 32.4 Å². The SMILES string of the molecule is CC(=O)N1CCN(CCCl)CC1=O. The van der Waals surface area contributed by atoms with Gasteiger partial charge < -0.3 is 0 Å². The van der Waals surface area contributed by atoms with Crippen LogP contribution in [0.25, 0.3) is 0 Å². The Bertz CT molecular complexity index is 220. The molecule has 0 aromatic rings. The lowest BCUT2D eigenvalue weighted by atomic mass is 10.3. The number of hydrogen-bond donors (Lipinski definition) is 0. The third-order valence-corrected chi connectivity index (χ3v) is 2.25. The van der Waals surface area contributed by atoms with Crippen molar-refractivity contribution in [1.82, 2.24) is 9.80 Å². The van der Waals surface area contributed by atoms with Gasteiger partial charge in [-0.3, -0.25) is 19.4 Å². The Morgan fingerprint density at radius 2 is 2.23 bits per heavy atom. The smallest absolute Gasteiger partial charge is 0.243 e. The van der Waals surface area contributed by atoms with Crippen molar-refractivity contribution < 1.29 is 9.59 Å². The van der Waals surface area contributed by atoms with E-state index in [0.717, 1.165) is 6.54 Å². The minimum atomic E-state index is -0.171. The number of rotatable bonds is 2. The summed E-state index contributed by atoms with van der Waals surface area (Å²) in [4.78, 5) is 25.5. The highest BCUT2D eigenvalue weighted by Crippen LogP contribution is 2.03. The van der Waals surface area contributed by atoms with Crippen LogP contribution in [0, 0.1) is 0 Å². The van der Waals surface area contributed by atoms with Crippen molar-refractivity contribution in [2.24, 2.45) is 0 Å². The molecule has 0 unspecified atom stereocenters. The summed E-state index contributed by atoms with van der Waals surface area (Å²) >= 11 is 5.55. The molecular weight excluding hydrogens is 192 g/mol. The van der Waals surface area contributed by atoms with Gasteiger partial charge in [0.05, 0.1) is 6.54 Å². The highest BCUT2D eigenvalue weighted by atomic mass is 35.5. The molecule has 74 valence electrons. The van der Waals surface area contributed by atoms with Crippen molar-refractivity contribution in [3.63, 3.8) is 0 Å². The van der Waals surface area contributed by atoms with E-state index in [9.17, 15) is 9.59 Å². The van der Waals surface area contributed by atoms with E-state index in [4.69, 9.17) is 11.6 Å². The minimum absolute atomic E-state index is 0.121. The van der Waals surface area contributed by atoms with Crippen LogP contribution in [0.3, 0.4) is 0 Å². The molecule has 2 amide bonds. The number of hydrogen-bond acceptors (Lipinski definition) is 3. The first-order valence-corrected chi connectivity index (χ1v) is 4.78. The molecule has 1 heterocycles. The van der Waals surface area contributed by atoms with E-state index in [-0.39, 0.29) is 11.8 Å². The number of imide groups is 1. The van der Waals surface area contributed by atoms with Crippen molar-refractivity contribution in [3.05, 3.63) is 0 Å². The zero-order valence-corrected chi connectivity index (χ0v) is 8.38. The van der Waals surface area contributed by atoms with Gasteiger partial charge in [0.1, 0.15) is 0 Å². The summed E-state index contributed by atoms with van der Waals surface area (Å²) in [6.45, 7) is 3.66. The second-order valence-corrected chi connectivity index (χ2v) is 3.41. The zero-order chi connectivity index (χ0) is 9.84. The molecule has 0 radical (unpaired) electrons. The molecule has 0 aliphatic carbocycles. The second-order valence-electron chi connectivity index (χ2n) is 3.03. The Morgan fingerprint density at radius 1 is 1.54 bits per heavy atom. The van der Waals surface area contributed by atoms with Gasteiger partial charge in [-0.25, -0.2) is 0 Å². The van der Waals surface area contributed by atoms with Gasteiger partial charge in [-0.05, 0) is 0 Å². The van der Waals surface area contributed by atoms with Gasteiger partial charge in [-0.1, -0.05) is 0 Å². The molecule has 0 saturated carbocycles. The quantitative estimate of drug-likeness (QED) is 0.591. The second kappa shape index (κ2) is 4.58. The van der Waals surface area contributed by atoms with Gasteiger partial charge in [-0.15, -0.1) is 11.6 Å². The molecule has 13 heavy (non-hydrogen) atoms. The summed E-state index contributed by atoms with van der Waals surface area (Å²) in [5.41, 5.74) is 0. The van der Waals surface area contributed by atoms with Crippen LogP contribution in [0.15, 0.2) is 0 Å². The van der Waals surface area contributed by atoms with Crippen LogP contribution < -0.4 is 0 Å². The lowest BCUT2D eigenvalue weighted by Crippen LogP contribution is -2.52. The Balaban J connectivity index is 2.47. The van der Waals surface area contributed by atoms with Gasteiger partial charge in [0.2, 0.25) is 11.8 Å². The Hall–Kier alpha value is -0.610. The first kappa shape index (κ1) is 10.5. The number of halogens is 1. The first-order valence-electron chi connectivity index (χ1n) is 4.24. The van der Waals surface area contributed by atoms with E-state index in [2.05, 4.69) is 0 Å². The van der Waals surface area contributed by atoms with Crippen molar-refractivity contribution in [2.45, 2.75) is 6.92 Å². The molecule has 1 aliphatic heterocycles. The molecule has 0 N–H and O–H groups in total. The van der Waals surface area contributed by atoms with Crippen LogP contribution in [-0.4, -0.2) is 53.7 Å². The summed E-state index contributed by atoms with van der Waals surface area (Å²) < 4.78 is 0. The third kappa shape index (κ3) is 2.67. The van der Waals surface area contributed by atoms with Gasteiger partial charge in [0.25, 0.3) is 0 Å². The Kier molecular flexibility index (Phi) is 3.69. The molecule has 1 fully saturated rings. The highest BCUT2D eigenvalue weighted by Gasteiger charge is 2.25. The number of nitrogens with zero attached hydrogens (tertiary/aromatic N) is 2. The number of carbonyl (C=O) groups is 2. The fourth-order valence-electron chi connectivity index (χ4n) is 1.37. The molecule has 0 aromatic carbocycles. The van der Waals surface area contributed by atoms with E-state index < -0.39 is 0 Å². The fraction of sp³-hybridized carbons (Fsp3) is 0.750. The highest BCUT2D eigenvalue weighted by molar-refractivity contribution is 6.18. The van der Waals surface area contributed by atoms with E-state index in [1.807, 2.05) is 4.90 Å².